The summed E-state index contributed by atoms with van der Waals surface area (Å²) in [4.78, 5) is 10.4. The van der Waals surface area contributed by atoms with Crippen LogP contribution in [0.15, 0.2) is 42.2 Å². The lowest BCUT2D eigenvalue weighted by Crippen LogP contribution is -1.96. The summed E-state index contributed by atoms with van der Waals surface area (Å²) >= 11 is 0. The van der Waals surface area contributed by atoms with Crippen molar-refractivity contribution in [3.8, 4) is 0 Å². The zero-order valence-corrected chi connectivity index (χ0v) is 8.52. The molecule has 1 aliphatic rings. The van der Waals surface area contributed by atoms with Crippen LogP contribution in [0.25, 0.3) is 5.57 Å². The summed E-state index contributed by atoms with van der Waals surface area (Å²) in [5.41, 5.74) is 1.47. The van der Waals surface area contributed by atoms with Crippen molar-refractivity contribution in [1.29, 1.82) is 0 Å². The predicted molar refractivity (Wildman–Crippen MR) is 59.5 cm³/mol. The van der Waals surface area contributed by atoms with Gasteiger partial charge in [0.25, 0.3) is 5.69 Å². The summed E-state index contributed by atoms with van der Waals surface area (Å²) in [6, 6.07) is 6.53. The Bertz CT molecular complexity index is 492. The Kier molecular flexibility index (Phi) is 2.81. The third-order valence-corrected chi connectivity index (χ3v) is 2.55. The molecular formula is C12H10FNO2. The van der Waals surface area contributed by atoms with Crippen LogP contribution in [0.2, 0.25) is 0 Å². The lowest BCUT2D eigenvalue weighted by molar-refractivity contribution is -0.385. The second kappa shape index (κ2) is 4.26. The molecule has 0 spiro atoms. The van der Waals surface area contributed by atoms with Crippen molar-refractivity contribution in [3.63, 3.8) is 0 Å². The maximum Gasteiger partial charge on any atom is 0.276 e. The number of nitro benzene ring substituents is 1. The normalized spacial score (nSPS) is 15.3. The van der Waals surface area contributed by atoms with E-state index in [0.717, 1.165) is 5.57 Å². The summed E-state index contributed by atoms with van der Waals surface area (Å²) in [5, 5.41) is 10.8. The average Bonchev–Trinajstić information content (AvgIpc) is 2.30. The Balaban J connectivity index is 2.45. The molecule has 1 aliphatic carbocycles. The SMILES string of the molecule is O=[N+]([O-])c1ccccc1C1=CC=C(F)CC1. The summed E-state index contributed by atoms with van der Waals surface area (Å²) in [6.07, 6.45) is 3.81. The molecule has 1 aromatic carbocycles. The van der Waals surface area contributed by atoms with E-state index >= 15 is 0 Å². The van der Waals surface area contributed by atoms with E-state index in [1.54, 1.807) is 24.3 Å². The molecular weight excluding hydrogens is 209 g/mol. The number of hydrogen-bond acceptors (Lipinski definition) is 2. The number of halogens is 1. The Labute approximate surface area is 92.1 Å². The number of hydrogen-bond donors (Lipinski definition) is 0. The molecule has 4 heteroatoms. The topological polar surface area (TPSA) is 43.1 Å². The number of para-hydroxylation sites is 1. The Morgan fingerprint density at radius 2 is 1.94 bits per heavy atom. The molecule has 2 rings (SSSR count). The van der Waals surface area contributed by atoms with Crippen molar-refractivity contribution in [1.82, 2.24) is 0 Å². The van der Waals surface area contributed by atoms with Crippen LogP contribution in [0.3, 0.4) is 0 Å². The first-order valence-electron chi connectivity index (χ1n) is 4.97. The standard InChI is InChI=1S/C12H10FNO2/c13-10-7-5-9(6-8-10)11-3-1-2-4-12(11)14(15)16/h1-5,7H,6,8H2. The first-order valence-corrected chi connectivity index (χ1v) is 4.97. The van der Waals surface area contributed by atoms with Crippen molar-refractivity contribution >= 4 is 11.3 Å². The van der Waals surface area contributed by atoms with Gasteiger partial charge < -0.3 is 0 Å². The predicted octanol–water partition coefficient (Wildman–Crippen LogP) is 3.63. The second-order valence-electron chi connectivity index (χ2n) is 3.58. The van der Waals surface area contributed by atoms with Crippen molar-refractivity contribution in [2.45, 2.75) is 12.8 Å². The Morgan fingerprint density at radius 1 is 1.19 bits per heavy atom. The molecule has 16 heavy (non-hydrogen) atoms. The van der Waals surface area contributed by atoms with Gasteiger partial charge >= 0.3 is 0 Å². The van der Waals surface area contributed by atoms with E-state index in [1.165, 1.54) is 12.1 Å². The molecule has 0 N–H and O–H groups in total. The van der Waals surface area contributed by atoms with Crippen LogP contribution in [0.1, 0.15) is 18.4 Å². The highest BCUT2D eigenvalue weighted by molar-refractivity contribution is 5.74. The van der Waals surface area contributed by atoms with Crippen molar-refractivity contribution < 1.29 is 9.31 Å². The largest absolute Gasteiger partial charge is 0.276 e. The van der Waals surface area contributed by atoms with Gasteiger partial charge in [0.05, 0.1) is 10.5 Å². The summed E-state index contributed by atoms with van der Waals surface area (Å²) in [7, 11) is 0. The molecule has 82 valence electrons. The van der Waals surface area contributed by atoms with E-state index in [0.29, 0.717) is 18.4 Å². The highest BCUT2D eigenvalue weighted by atomic mass is 19.1. The molecule has 1 aromatic rings. The Hall–Kier alpha value is -1.97. The molecule has 0 aliphatic heterocycles. The minimum Gasteiger partial charge on any atom is -0.258 e. The molecule has 0 saturated heterocycles. The van der Waals surface area contributed by atoms with E-state index in [4.69, 9.17) is 0 Å². The minimum absolute atomic E-state index is 0.0736. The summed E-state index contributed by atoms with van der Waals surface area (Å²) in [6.45, 7) is 0. The van der Waals surface area contributed by atoms with Gasteiger partial charge in [0.15, 0.2) is 0 Å². The average molecular weight is 219 g/mol. The van der Waals surface area contributed by atoms with Crippen LogP contribution >= 0.6 is 0 Å². The van der Waals surface area contributed by atoms with Gasteiger partial charge in [-0.1, -0.05) is 18.2 Å². The third kappa shape index (κ3) is 2.00. The minimum atomic E-state index is -0.412. The van der Waals surface area contributed by atoms with Crippen LogP contribution in [0, 0.1) is 10.1 Å². The van der Waals surface area contributed by atoms with E-state index in [1.807, 2.05) is 0 Å². The highest BCUT2D eigenvalue weighted by Gasteiger charge is 2.17. The lowest BCUT2D eigenvalue weighted by Gasteiger charge is -2.10. The summed E-state index contributed by atoms with van der Waals surface area (Å²) in [5.74, 6) is -0.178. The number of rotatable bonds is 2. The maximum atomic E-state index is 12.8. The molecule has 0 bridgehead atoms. The van der Waals surface area contributed by atoms with Crippen molar-refractivity contribution in [2.75, 3.05) is 0 Å². The molecule has 0 saturated carbocycles. The van der Waals surface area contributed by atoms with Gasteiger partial charge in [0.2, 0.25) is 0 Å². The maximum absolute atomic E-state index is 12.8. The molecule has 0 heterocycles. The number of allylic oxidation sites excluding steroid dienone is 4. The van der Waals surface area contributed by atoms with Crippen LogP contribution in [-0.2, 0) is 0 Å². The molecule has 3 nitrogen and oxygen atoms in total. The quantitative estimate of drug-likeness (QED) is 0.563. The van der Waals surface area contributed by atoms with Gasteiger partial charge in [0, 0.05) is 12.5 Å². The van der Waals surface area contributed by atoms with Crippen LogP contribution in [0.4, 0.5) is 10.1 Å². The third-order valence-electron chi connectivity index (χ3n) is 2.55. The number of nitrogens with zero attached hydrogens (tertiary/aromatic N) is 1. The summed E-state index contributed by atoms with van der Waals surface area (Å²) < 4.78 is 12.8. The van der Waals surface area contributed by atoms with Gasteiger partial charge in [-0.05, 0) is 24.1 Å². The first kappa shape index (κ1) is 10.5. The van der Waals surface area contributed by atoms with E-state index < -0.39 is 4.92 Å². The van der Waals surface area contributed by atoms with E-state index in [2.05, 4.69) is 0 Å². The van der Waals surface area contributed by atoms with Crippen LogP contribution in [-0.4, -0.2) is 4.92 Å². The molecule has 0 atom stereocenters. The fourth-order valence-electron chi connectivity index (χ4n) is 1.74. The fraction of sp³-hybridized carbons (Fsp3) is 0.167. The number of benzene rings is 1. The molecule has 0 fully saturated rings. The van der Waals surface area contributed by atoms with Gasteiger partial charge in [-0.25, -0.2) is 4.39 Å². The lowest BCUT2D eigenvalue weighted by atomic mass is 9.96. The molecule has 0 aromatic heterocycles. The Morgan fingerprint density at radius 3 is 2.56 bits per heavy atom. The zero-order chi connectivity index (χ0) is 11.5. The van der Waals surface area contributed by atoms with E-state index in [9.17, 15) is 14.5 Å². The van der Waals surface area contributed by atoms with Gasteiger partial charge in [-0.2, -0.15) is 0 Å². The smallest absolute Gasteiger partial charge is 0.258 e. The first-order chi connectivity index (χ1) is 7.68. The number of nitro groups is 1. The van der Waals surface area contributed by atoms with E-state index in [-0.39, 0.29) is 11.5 Å². The van der Waals surface area contributed by atoms with Crippen LogP contribution < -0.4 is 0 Å². The zero-order valence-electron chi connectivity index (χ0n) is 8.52. The van der Waals surface area contributed by atoms with Crippen LogP contribution in [0.5, 0.6) is 0 Å². The monoisotopic (exact) mass is 219 g/mol. The second-order valence-corrected chi connectivity index (χ2v) is 3.58. The molecule has 0 amide bonds. The van der Waals surface area contributed by atoms with Crippen molar-refractivity contribution in [2.24, 2.45) is 0 Å². The van der Waals surface area contributed by atoms with Gasteiger partial charge in [-0.15, -0.1) is 0 Å². The van der Waals surface area contributed by atoms with Crippen molar-refractivity contribution in [3.05, 3.63) is 57.9 Å². The molecule has 0 unspecified atom stereocenters. The van der Waals surface area contributed by atoms with Gasteiger partial charge in [-0.3, -0.25) is 10.1 Å². The van der Waals surface area contributed by atoms with Gasteiger partial charge in [0.1, 0.15) is 5.83 Å². The fourth-order valence-corrected chi connectivity index (χ4v) is 1.74. The highest BCUT2D eigenvalue weighted by Crippen LogP contribution is 2.32. The molecule has 0 radical (unpaired) electrons.